The third-order valence-electron chi connectivity index (χ3n) is 3.99. The zero-order chi connectivity index (χ0) is 17.6. The van der Waals surface area contributed by atoms with Crippen molar-refractivity contribution < 1.29 is 24.2 Å². The Balaban J connectivity index is 1.83. The van der Waals surface area contributed by atoms with E-state index in [-0.39, 0.29) is 17.6 Å². The largest absolute Gasteiger partial charge is 0.478 e. The van der Waals surface area contributed by atoms with Crippen molar-refractivity contribution >= 4 is 11.9 Å². The minimum atomic E-state index is -1.03. The molecular formula is C19H19NO5. The van der Waals surface area contributed by atoms with E-state index in [1.165, 1.54) is 6.07 Å². The number of nitrogens with one attached hydrogen (secondary N) is 1. The van der Waals surface area contributed by atoms with Crippen molar-refractivity contribution in [3.05, 3.63) is 59.7 Å². The fourth-order valence-corrected chi connectivity index (χ4v) is 2.78. The van der Waals surface area contributed by atoms with Crippen LogP contribution in [-0.2, 0) is 9.47 Å². The molecule has 2 aromatic carbocycles. The van der Waals surface area contributed by atoms with Gasteiger partial charge in [-0.25, -0.2) is 4.79 Å². The van der Waals surface area contributed by atoms with Crippen LogP contribution >= 0.6 is 0 Å². The third-order valence-corrected chi connectivity index (χ3v) is 3.99. The summed E-state index contributed by atoms with van der Waals surface area (Å²) in [5.74, 6) is -1.30. The lowest BCUT2D eigenvalue weighted by atomic mass is 9.95. The Morgan fingerprint density at radius 2 is 1.64 bits per heavy atom. The minimum absolute atomic E-state index is 0.159. The van der Waals surface area contributed by atoms with Gasteiger partial charge in [0.05, 0.1) is 31.5 Å². The van der Waals surface area contributed by atoms with Crippen molar-refractivity contribution in [2.24, 2.45) is 0 Å². The summed E-state index contributed by atoms with van der Waals surface area (Å²) in [5, 5.41) is 12.2. The average molecular weight is 341 g/mol. The summed E-state index contributed by atoms with van der Waals surface area (Å²) in [5.41, 5.74) is 1.68. The lowest BCUT2D eigenvalue weighted by molar-refractivity contribution is -0.0855. The van der Waals surface area contributed by atoms with Gasteiger partial charge in [-0.2, -0.15) is 0 Å². The molecule has 1 amide bonds. The zero-order valence-corrected chi connectivity index (χ0v) is 13.6. The van der Waals surface area contributed by atoms with Crippen LogP contribution in [0.2, 0.25) is 0 Å². The van der Waals surface area contributed by atoms with Crippen molar-refractivity contribution in [3.8, 4) is 11.1 Å². The number of amides is 1. The van der Waals surface area contributed by atoms with E-state index >= 15 is 0 Å². The number of rotatable bonds is 5. The van der Waals surface area contributed by atoms with Crippen LogP contribution in [0.4, 0.5) is 0 Å². The van der Waals surface area contributed by atoms with Gasteiger partial charge in [-0.05, 0) is 23.3 Å². The molecule has 0 saturated carbocycles. The SMILES string of the molecule is O=C(O)c1ccccc1-c1ccccc1C(=O)NC[C@@H]1COCCO1. The quantitative estimate of drug-likeness (QED) is 0.871. The predicted octanol–water partition coefficient (Wildman–Crippen LogP) is 2.20. The first-order chi connectivity index (χ1) is 12.2. The van der Waals surface area contributed by atoms with Crippen molar-refractivity contribution in [2.45, 2.75) is 6.10 Å². The molecule has 1 aliphatic heterocycles. The number of carboxylic acids is 1. The van der Waals surface area contributed by atoms with E-state index in [1.807, 2.05) is 0 Å². The van der Waals surface area contributed by atoms with Gasteiger partial charge in [0.15, 0.2) is 0 Å². The van der Waals surface area contributed by atoms with E-state index in [9.17, 15) is 14.7 Å². The van der Waals surface area contributed by atoms with E-state index < -0.39 is 5.97 Å². The van der Waals surface area contributed by atoms with Gasteiger partial charge in [-0.1, -0.05) is 36.4 Å². The van der Waals surface area contributed by atoms with E-state index in [4.69, 9.17) is 9.47 Å². The smallest absolute Gasteiger partial charge is 0.336 e. The molecular weight excluding hydrogens is 322 g/mol. The monoisotopic (exact) mass is 341 g/mol. The zero-order valence-electron chi connectivity index (χ0n) is 13.6. The summed E-state index contributed by atoms with van der Waals surface area (Å²) in [7, 11) is 0. The molecule has 0 spiro atoms. The highest BCUT2D eigenvalue weighted by Gasteiger charge is 2.19. The summed E-state index contributed by atoms with van der Waals surface area (Å²) < 4.78 is 10.8. The van der Waals surface area contributed by atoms with Crippen molar-refractivity contribution in [2.75, 3.05) is 26.4 Å². The van der Waals surface area contributed by atoms with Gasteiger partial charge < -0.3 is 19.9 Å². The molecule has 6 heteroatoms. The third kappa shape index (κ3) is 4.04. The van der Waals surface area contributed by atoms with Gasteiger partial charge >= 0.3 is 5.97 Å². The molecule has 2 N–H and O–H groups in total. The average Bonchev–Trinajstić information content (AvgIpc) is 2.67. The van der Waals surface area contributed by atoms with E-state index in [0.29, 0.717) is 43.1 Å². The molecule has 1 fully saturated rings. The molecule has 25 heavy (non-hydrogen) atoms. The molecule has 3 rings (SSSR count). The maximum absolute atomic E-state index is 12.6. The molecule has 0 aliphatic carbocycles. The Kier molecular flexibility index (Phi) is 5.42. The van der Waals surface area contributed by atoms with Crippen molar-refractivity contribution in [1.82, 2.24) is 5.32 Å². The number of carboxylic acid groups (broad SMARTS) is 1. The summed E-state index contributed by atoms with van der Waals surface area (Å²) in [6.07, 6.45) is -0.170. The lowest BCUT2D eigenvalue weighted by Gasteiger charge is -2.23. The number of benzene rings is 2. The molecule has 130 valence electrons. The Morgan fingerprint density at radius 3 is 2.28 bits per heavy atom. The van der Waals surface area contributed by atoms with Crippen molar-refractivity contribution in [1.29, 1.82) is 0 Å². The minimum Gasteiger partial charge on any atom is -0.478 e. The topological polar surface area (TPSA) is 84.9 Å². The maximum atomic E-state index is 12.6. The number of ether oxygens (including phenoxy) is 2. The predicted molar refractivity (Wildman–Crippen MR) is 91.7 cm³/mol. The van der Waals surface area contributed by atoms with E-state index in [1.54, 1.807) is 42.5 Å². The summed E-state index contributed by atoms with van der Waals surface area (Å²) in [4.78, 5) is 24.1. The number of carbonyl (C=O) groups excluding carboxylic acids is 1. The highest BCUT2D eigenvalue weighted by molar-refractivity contribution is 6.04. The molecule has 1 atom stereocenters. The normalized spacial score (nSPS) is 17.0. The van der Waals surface area contributed by atoms with Crippen LogP contribution in [0.15, 0.2) is 48.5 Å². The molecule has 1 aliphatic rings. The molecule has 2 aromatic rings. The molecule has 1 heterocycles. The molecule has 1 saturated heterocycles. The molecule has 0 radical (unpaired) electrons. The first-order valence-electron chi connectivity index (χ1n) is 8.06. The molecule has 6 nitrogen and oxygen atoms in total. The molecule has 0 aromatic heterocycles. The first-order valence-corrected chi connectivity index (χ1v) is 8.06. The first kappa shape index (κ1) is 17.1. The second-order valence-electron chi connectivity index (χ2n) is 5.67. The fourth-order valence-electron chi connectivity index (χ4n) is 2.78. The van der Waals surface area contributed by atoms with Gasteiger partial charge in [0, 0.05) is 12.1 Å². The van der Waals surface area contributed by atoms with E-state index in [0.717, 1.165) is 0 Å². The maximum Gasteiger partial charge on any atom is 0.336 e. The van der Waals surface area contributed by atoms with Crippen LogP contribution in [0.1, 0.15) is 20.7 Å². The van der Waals surface area contributed by atoms with Crippen LogP contribution in [0, 0.1) is 0 Å². The Hall–Kier alpha value is -2.70. The Labute approximate surface area is 145 Å². The Morgan fingerprint density at radius 1 is 1.00 bits per heavy atom. The number of hydrogen-bond acceptors (Lipinski definition) is 4. The second kappa shape index (κ2) is 7.92. The molecule has 0 bridgehead atoms. The number of aromatic carboxylic acids is 1. The summed E-state index contributed by atoms with van der Waals surface area (Å²) in [6.45, 7) is 1.87. The number of hydrogen-bond donors (Lipinski definition) is 2. The van der Waals surface area contributed by atoms with Gasteiger partial charge in [-0.15, -0.1) is 0 Å². The standard InChI is InChI=1S/C19H19NO5/c21-18(20-11-13-12-24-9-10-25-13)16-7-3-1-5-14(16)15-6-2-4-8-17(15)19(22)23/h1-8,13H,9-12H2,(H,20,21)(H,22,23)/t13-/m1/s1. The second-order valence-corrected chi connectivity index (χ2v) is 5.67. The highest BCUT2D eigenvalue weighted by Crippen LogP contribution is 2.27. The van der Waals surface area contributed by atoms with Crippen molar-refractivity contribution in [3.63, 3.8) is 0 Å². The summed E-state index contributed by atoms with van der Waals surface area (Å²) >= 11 is 0. The van der Waals surface area contributed by atoms with Gasteiger partial charge in [0.1, 0.15) is 0 Å². The highest BCUT2D eigenvalue weighted by atomic mass is 16.6. The van der Waals surface area contributed by atoms with Gasteiger partial charge in [0.25, 0.3) is 5.91 Å². The van der Waals surface area contributed by atoms with Crippen LogP contribution in [0.5, 0.6) is 0 Å². The fraction of sp³-hybridized carbons (Fsp3) is 0.263. The molecule has 0 unspecified atom stereocenters. The van der Waals surface area contributed by atoms with Crippen LogP contribution in [-0.4, -0.2) is 49.5 Å². The van der Waals surface area contributed by atoms with E-state index in [2.05, 4.69) is 5.32 Å². The van der Waals surface area contributed by atoms with Crippen LogP contribution in [0.3, 0.4) is 0 Å². The number of carbonyl (C=O) groups is 2. The van der Waals surface area contributed by atoms with Crippen LogP contribution in [0.25, 0.3) is 11.1 Å². The Bertz CT molecular complexity index is 768. The van der Waals surface area contributed by atoms with Crippen LogP contribution < -0.4 is 5.32 Å². The van der Waals surface area contributed by atoms with Gasteiger partial charge in [0.2, 0.25) is 0 Å². The lowest BCUT2D eigenvalue weighted by Crippen LogP contribution is -2.39. The van der Waals surface area contributed by atoms with Gasteiger partial charge in [-0.3, -0.25) is 4.79 Å². The summed E-state index contributed by atoms with van der Waals surface area (Å²) in [6, 6.07) is 13.6.